The number of thiazole rings is 1. The number of benzene rings is 1. The Morgan fingerprint density at radius 2 is 2.12 bits per heavy atom. The first kappa shape index (κ1) is 12.5. The van der Waals surface area contributed by atoms with Crippen LogP contribution in [0.25, 0.3) is 10.6 Å². The number of nitrogens with zero attached hydrogens (tertiary/aromatic N) is 1. The van der Waals surface area contributed by atoms with Gasteiger partial charge >= 0.3 is 0 Å². The molecular formula is C13H15NOS2. The van der Waals surface area contributed by atoms with E-state index in [1.165, 1.54) is 5.56 Å². The molecule has 0 bridgehead atoms. The van der Waals surface area contributed by atoms with E-state index in [4.69, 9.17) is 4.74 Å². The summed E-state index contributed by atoms with van der Waals surface area (Å²) < 4.78 is 5.44. The summed E-state index contributed by atoms with van der Waals surface area (Å²) in [6.45, 7) is 4.34. The molecular weight excluding hydrogens is 250 g/mol. The fourth-order valence-corrected chi connectivity index (χ4v) is 2.67. The maximum Gasteiger partial charge on any atom is 0.129 e. The normalized spacial score (nSPS) is 10.9. The molecule has 2 nitrogen and oxygen atoms in total. The van der Waals surface area contributed by atoms with Crippen LogP contribution in [0.4, 0.5) is 0 Å². The summed E-state index contributed by atoms with van der Waals surface area (Å²) in [5.74, 6) is 1.37. The van der Waals surface area contributed by atoms with Gasteiger partial charge in [-0.15, -0.1) is 24.0 Å². The molecule has 0 saturated carbocycles. The van der Waals surface area contributed by atoms with Crippen molar-refractivity contribution in [2.75, 3.05) is 7.11 Å². The average Bonchev–Trinajstić information content (AvgIpc) is 2.74. The van der Waals surface area contributed by atoms with E-state index >= 15 is 0 Å². The largest absolute Gasteiger partial charge is 0.496 e. The Hall–Kier alpha value is -1.000. The molecule has 0 aliphatic rings. The third kappa shape index (κ3) is 2.64. The predicted molar refractivity (Wildman–Crippen MR) is 75.4 cm³/mol. The minimum absolute atomic E-state index is 0.495. The molecule has 0 N–H and O–H groups in total. The first-order valence-electron chi connectivity index (χ1n) is 5.44. The molecule has 0 radical (unpaired) electrons. The van der Waals surface area contributed by atoms with Gasteiger partial charge in [-0.25, -0.2) is 4.98 Å². The van der Waals surface area contributed by atoms with E-state index in [0.29, 0.717) is 5.92 Å². The molecule has 17 heavy (non-hydrogen) atoms. The molecule has 4 heteroatoms. The van der Waals surface area contributed by atoms with Crippen LogP contribution < -0.4 is 4.74 Å². The monoisotopic (exact) mass is 265 g/mol. The Kier molecular flexibility index (Phi) is 3.74. The standard InChI is InChI=1S/C13H15NOS2/c1-8(2)9-4-5-10(11(6-9)15-3)13-14-12(16)7-17-13/h4-8,16H,1-3H3. The zero-order valence-corrected chi connectivity index (χ0v) is 11.8. The second kappa shape index (κ2) is 5.10. The summed E-state index contributed by atoms with van der Waals surface area (Å²) in [6.07, 6.45) is 0. The van der Waals surface area contributed by atoms with E-state index in [1.54, 1.807) is 18.4 Å². The third-order valence-corrected chi connectivity index (χ3v) is 3.89. The molecule has 0 saturated heterocycles. The Morgan fingerprint density at radius 3 is 2.65 bits per heavy atom. The van der Waals surface area contributed by atoms with Gasteiger partial charge in [0.15, 0.2) is 0 Å². The highest BCUT2D eigenvalue weighted by Gasteiger charge is 2.11. The van der Waals surface area contributed by atoms with Crippen molar-refractivity contribution < 1.29 is 4.74 Å². The summed E-state index contributed by atoms with van der Waals surface area (Å²) in [5, 5.41) is 3.62. The van der Waals surface area contributed by atoms with Crippen molar-refractivity contribution in [3.8, 4) is 16.3 Å². The van der Waals surface area contributed by atoms with Gasteiger partial charge in [-0.3, -0.25) is 0 Å². The molecule has 0 unspecified atom stereocenters. The molecule has 0 aliphatic heterocycles. The minimum Gasteiger partial charge on any atom is -0.496 e. The van der Waals surface area contributed by atoms with E-state index in [0.717, 1.165) is 21.3 Å². The van der Waals surface area contributed by atoms with Crippen LogP contribution in [0, 0.1) is 0 Å². The maximum atomic E-state index is 5.44. The van der Waals surface area contributed by atoms with E-state index in [2.05, 4.69) is 49.7 Å². The highest BCUT2D eigenvalue weighted by molar-refractivity contribution is 7.80. The molecule has 1 aromatic carbocycles. The van der Waals surface area contributed by atoms with Gasteiger partial charge in [0.25, 0.3) is 0 Å². The lowest BCUT2D eigenvalue weighted by Crippen LogP contribution is -1.92. The quantitative estimate of drug-likeness (QED) is 0.839. The van der Waals surface area contributed by atoms with E-state index in [9.17, 15) is 0 Å². The van der Waals surface area contributed by atoms with Gasteiger partial charge in [-0.05, 0) is 23.6 Å². The van der Waals surface area contributed by atoms with E-state index in [-0.39, 0.29) is 0 Å². The summed E-state index contributed by atoms with van der Waals surface area (Å²) in [7, 11) is 1.69. The summed E-state index contributed by atoms with van der Waals surface area (Å²) >= 11 is 5.81. The van der Waals surface area contributed by atoms with E-state index < -0.39 is 0 Å². The smallest absolute Gasteiger partial charge is 0.129 e. The van der Waals surface area contributed by atoms with Gasteiger partial charge in [0.1, 0.15) is 15.8 Å². The lowest BCUT2D eigenvalue weighted by atomic mass is 10.0. The maximum absolute atomic E-state index is 5.44. The minimum atomic E-state index is 0.495. The molecule has 0 spiro atoms. The van der Waals surface area contributed by atoms with Gasteiger partial charge in [-0.2, -0.15) is 0 Å². The van der Waals surface area contributed by atoms with Crippen LogP contribution in [0.15, 0.2) is 28.6 Å². The summed E-state index contributed by atoms with van der Waals surface area (Å²) in [5.41, 5.74) is 2.30. The van der Waals surface area contributed by atoms with Crippen LogP contribution in [-0.2, 0) is 0 Å². The van der Waals surface area contributed by atoms with Gasteiger partial charge in [0.2, 0.25) is 0 Å². The van der Waals surface area contributed by atoms with Gasteiger partial charge in [0.05, 0.1) is 12.7 Å². The van der Waals surface area contributed by atoms with Crippen molar-refractivity contribution in [2.45, 2.75) is 24.8 Å². The lowest BCUT2D eigenvalue weighted by molar-refractivity contribution is 0.415. The van der Waals surface area contributed by atoms with Crippen LogP contribution in [-0.4, -0.2) is 12.1 Å². The zero-order chi connectivity index (χ0) is 12.4. The highest BCUT2D eigenvalue weighted by atomic mass is 32.1. The molecule has 90 valence electrons. The number of ether oxygens (including phenoxy) is 1. The topological polar surface area (TPSA) is 22.1 Å². The lowest BCUT2D eigenvalue weighted by Gasteiger charge is -2.11. The molecule has 2 aromatic rings. The van der Waals surface area contributed by atoms with Crippen molar-refractivity contribution in [1.82, 2.24) is 4.98 Å². The molecule has 2 rings (SSSR count). The predicted octanol–water partition coefficient (Wildman–Crippen LogP) is 4.23. The van der Waals surface area contributed by atoms with Crippen LogP contribution in [0.1, 0.15) is 25.3 Å². The highest BCUT2D eigenvalue weighted by Crippen LogP contribution is 2.34. The Balaban J connectivity index is 2.48. The van der Waals surface area contributed by atoms with Gasteiger partial charge < -0.3 is 4.74 Å². The molecule has 1 aromatic heterocycles. The van der Waals surface area contributed by atoms with Crippen molar-refractivity contribution in [1.29, 1.82) is 0 Å². The van der Waals surface area contributed by atoms with Crippen molar-refractivity contribution >= 4 is 24.0 Å². The number of hydrogen-bond donors (Lipinski definition) is 1. The SMILES string of the molecule is COc1cc(C(C)C)ccc1-c1nc(S)cs1. The van der Waals surface area contributed by atoms with Gasteiger partial charge in [0, 0.05) is 5.38 Å². The molecule has 0 aliphatic carbocycles. The van der Waals surface area contributed by atoms with Crippen LogP contribution in [0.5, 0.6) is 5.75 Å². The number of thiol groups is 1. The molecule has 1 heterocycles. The Bertz CT molecular complexity index is 520. The first-order chi connectivity index (χ1) is 8.11. The molecule has 0 amide bonds. The van der Waals surface area contributed by atoms with Crippen molar-refractivity contribution in [3.63, 3.8) is 0 Å². The summed E-state index contributed by atoms with van der Waals surface area (Å²) in [6, 6.07) is 6.28. The Labute approximate surface area is 111 Å². The number of aromatic nitrogens is 1. The van der Waals surface area contributed by atoms with Crippen LogP contribution >= 0.6 is 24.0 Å². The second-order valence-corrected chi connectivity index (χ2v) is 5.44. The summed E-state index contributed by atoms with van der Waals surface area (Å²) in [4.78, 5) is 4.37. The van der Waals surface area contributed by atoms with Crippen molar-refractivity contribution in [2.24, 2.45) is 0 Å². The van der Waals surface area contributed by atoms with E-state index in [1.807, 2.05) is 5.38 Å². The zero-order valence-electron chi connectivity index (χ0n) is 10.1. The Morgan fingerprint density at radius 1 is 1.35 bits per heavy atom. The van der Waals surface area contributed by atoms with Crippen LogP contribution in [0.2, 0.25) is 0 Å². The first-order valence-corrected chi connectivity index (χ1v) is 6.77. The number of hydrogen-bond acceptors (Lipinski definition) is 4. The van der Waals surface area contributed by atoms with Crippen LogP contribution in [0.3, 0.4) is 0 Å². The molecule has 0 fully saturated rings. The average molecular weight is 265 g/mol. The molecule has 0 atom stereocenters. The number of methoxy groups -OCH3 is 1. The van der Waals surface area contributed by atoms with Gasteiger partial charge in [-0.1, -0.05) is 19.9 Å². The fourth-order valence-electron chi connectivity index (χ4n) is 1.63. The third-order valence-electron chi connectivity index (χ3n) is 2.61. The van der Waals surface area contributed by atoms with Crippen molar-refractivity contribution in [3.05, 3.63) is 29.1 Å². The number of rotatable bonds is 3. The second-order valence-electron chi connectivity index (χ2n) is 4.13. The fraction of sp³-hybridized carbons (Fsp3) is 0.308.